The van der Waals surface area contributed by atoms with Crippen molar-refractivity contribution < 1.29 is 0 Å². The first-order chi connectivity index (χ1) is 10.1. The van der Waals surface area contributed by atoms with E-state index in [-0.39, 0.29) is 4.83 Å². The fourth-order valence-electron chi connectivity index (χ4n) is 2.31. The topological polar surface area (TPSA) is 12.9 Å². The molecule has 1 aromatic heterocycles. The number of aromatic nitrogens is 1. The summed E-state index contributed by atoms with van der Waals surface area (Å²) in [7, 11) is 0. The predicted octanol–water partition coefficient (Wildman–Crippen LogP) is 6.33. The molecule has 0 spiro atoms. The Balaban J connectivity index is 1.89. The van der Waals surface area contributed by atoms with Gasteiger partial charge in [0.25, 0.3) is 0 Å². The molecular weight excluding hydrogens is 413 g/mol. The van der Waals surface area contributed by atoms with Gasteiger partial charge in [0.15, 0.2) is 0 Å². The van der Waals surface area contributed by atoms with Gasteiger partial charge >= 0.3 is 0 Å². The van der Waals surface area contributed by atoms with Gasteiger partial charge in [-0.25, -0.2) is 0 Å². The van der Waals surface area contributed by atoms with E-state index in [0.29, 0.717) is 5.02 Å². The van der Waals surface area contributed by atoms with Crippen LogP contribution in [0.3, 0.4) is 0 Å². The lowest BCUT2D eigenvalue weighted by Gasteiger charge is -2.12. The van der Waals surface area contributed by atoms with Gasteiger partial charge in [-0.2, -0.15) is 0 Å². The zero-order valence-electron chi connectivity index (χ0n) is 11.1. The number of hydrogen-bond donors (Lipinski definition) is 0. The minimum Gasteiger partial charge on any atom is -0.263 e. The molecule has 0 saturated heterocycles. The minimum atomic E-state index is 0.227. The largest absolute Gasteiger partial charge is 0.263 e. The van der Waals surface area contributed by atoms with Gasteiger partial charge in [0.2, 0.25) is 0 Å². The highest BCUT2D eigenvalue weighted by atomic mass is 79.9. The molecule has 4 heteroatoms. The van der Waals surface area contributed by atoms with Gasteiger partial charge in [-0.15, -0.1) is 0 Å². The third-order valence-corrected chi connectivity index (χ3v) is 5.13. The van der Waals surface area contributed by atoms with Crippen molar-refractivity contribution in [3.63, 3.8) is 0 Å². The van der Waals surface area contributed by atoms with Crippen LogP contribution in [-0.2, 0) is 6.42 Å². The summed E-state index contributed by atoms with van der Waals surface area (Å²) in [6.07, 6.45) is 4.30. The molecule has 1 nitrogen and oxygen atoms in total. The number of pyridine rings is 1. The van der Waals surface area contributed by atoms with Gasteiger partial charge < -0.3 is 0 Å². The molecule has 0 saturated carbocycles. The Morgan fingerprint density at radius 2 is 1.81 bits per heavy atom. The lowest BCUT2D eigenvalue weighted by atomic mass is 10.0. The Morgan fingerprint density at radius 3 is 2.62 bits per heavy atom. The smallest absolute Gasteiger partial charge is 0.0621 e. The average Bonchev–Trinajstić information content (AvgIpc) is 2.49. The number of nitrogens with zero attached hydrogens (tertiary/aromatic N) is 1. The maximum atomic E-state index is 6.18. The third kappa shape index (κ3) is 3.47. The van der Waals surface area contributed by atoms with E-state index in [9.17, 15) is 0 Å². The number of fused-ring (bicyclic) bond motifs is 1. The second-order valence-electron chi connectivity index (χ2n) is 4.89. The summed E-state index contributed by atoms with van der Waals surface area (Å²) >= 11 is 13.5. The van der Waals surface area contributed by atoms with Gasteiger partial charge in [-0.1, -0.05) is 67.7 Å². The van der Waals surface area contributed by atoms with E-state index in [1.54, 1.807) is 12.4 Å². The van der Waals surface area contributed by atoms with Gasteiger partial charge in [-0.3, -0.25) is 4.98 Å². The average molecular weight is 426 g/mol. The fourth-order valence-corrected chi connectivity index (χ4v) is 3.52. The summed E-state index contributed by atoms with van der Waals surface area (Å²) in [5.41, 5.74) is 2.35. The first-order valence-electron chi connectivity index (χ1n) is 6.55. The molecule has 0 N–H and O–H groups in total. The molecule has 3 aromatic rings. The number of alkyl halides is 1. The van der Waals surface area contributed by atoms with Crippen LogP contribution in [0.25, 0.3) is 10.8 Å². The molecule has 2 aromatic carbocycles. The van der Waals surface area contributed by atoms with E-state index in [1.807, 2.05) is 6.07 Å². The van der Waals surface area contributed by atoms with E-state index in [0.717, 1.165) is 16.5 Å². The van der Waals surface area contributed by atoms with Crippen molar-refractivity contribution >= 4 is 54.2 Å². The van der Waals surface area contributed by atoms with Crippen molar-refractivity contribution in [2.75, 3.05) is 0 Å². The lowest BCUT2D eigenvalue weighted by Crippen LogP contribution is -1.96. The van der Waals surface area contributed by atoms with E-state index in [1.165, 1.54) is 16.3 Å². The molecule has 1 atom stereocenters. The lowest BCUT2D eigenvalue weighted by molar-refractivity contribution is 0.947. The molecule has 0 amide bonds. The Hall–Kier alpha value is -0.900. The highest BCUT2D eigenvalue weighted by Gasteiger charge is 2.11. The zero-order chi connectivity index (χ0) is 14.8. The van der Waals surface area contributed by atoms with E-state index >= 15 is 0 Å². The van der Waals surface area contributed by atoms with Crippen molar-refractivity contribution in [3.05, 3.63) is 75.5 Å². The van der Waals surface area contributed by atoms with Gasteiger partial charge in [-0.05, 0) is 46.5 Å². The van der Waals surface area contributed by atoms with Crippen LogP contribution in [0.1, 0.15) is 16.0 Å². The molecule has 0 aliphatic rings. The molecule has 21 heavy (non-hydrogen) atoms. The number of rotatable bonds is 3. The van der Waals surface area contributed by atoms with Crippen molar-refractivity contribution in [2.24, 2.45) is 0 Å². The SMILES string of the molecule is Clc1cnccc1CC(Br)c1ccc2cc(Br)ccc2c1. The van der Waals surface area contributed by atoms with Gasteiger partial charge in [0.1, 0.15) is 0 Å². The third-order valence-electron chi connectivity index (χ3n) is 3.44. The normalized spacial score (nSPS) is 12.5. The summed E-state index contributed by atoms with van der Waals surface area (Å²) in [6, 6.07) is 14.8. The molecular formula is C17H12Br2ClN. The van der Waals surface area contributed by atoms with Crippen LogP contribution in [0.5, 0.6) is 0 Å². The molecule has 0 bridgehead atoms. The van der Waals surface area contributed by atoms with Crippen LogP contribution in [0.2, 0.25) is 5.02 Å². The highest BCUT2D eigenvalue weighted by molar-refractivity contribution is 9.10. The molecule has 0 aliphatic heterocycles. The van der Waals surface area contributed by atoms with Crippen LogP contribution in [0.15, 0.2) is 59.3 Å². The molecule has 0 aliphatic carbocycles. The molecule has 3 rings (SSSR count). The molecule has 1 unspecified atom stereocenters. The summed E-state index contributed by atoms with van der Waals surface area (Å²) < 4.78 is 1.10. The van der Waals surface area contributed by atoms with Crippen LogP contribution in [0, 0.1) is 0 Å². The molecule has 106 valence electrons. The number of halogens is 3. The maximum Gasteiger partial charge on any atom is 0.0621 e. The Morgan fingerprint density at radius 1 is 1.05 bits per heavy atom. The van der Waals surface area contributed by atoms with E-state index in [4.69, 9.17) is 11.6 Å². The summed E-state index contributed by atoms with van der Waals surface area (Å²) in [4.78, 5) is 4.25. The van der Waals surface area contributed by atoms with Crippen molar-refractivity contribution in [3.8, 4) is 0 Å². The summed E-state index contributed by atoms with van der Waals surface area (Å²) in [6.45, 7) is 0. The first-order valence-corrected chi connectivity index (χ1v) is 8.64. The van der Waals surface area contributed by atoms with Crippen molar-refractivity contribution in [2.45, 2.75) is 11.2 Å². The zero-order valence-corrected chi connectivity index (χ0v) is 15.0. The molecule has 1 heterocycles. The number of benzene rings is 2. The molecule has 0 fully saturated rings. The van der Waals surface area contributed by atoms with Crippen LogP contribution in [-0.4, -0.2) is 4.98 Å². The van der Waals surface area contributed by atoms with Crippen molar-refractivity contribution in [1.82, 2.24) is 4.98 Å². The highest BCUT2D eigenvalue weighted by Crippen LogP contribution is 2.32. The minimum absolute atomic E-state index is 0.227. The second-order valence-corrected chi connectivity index (χ2v) is 7.32. The molecule has 0 radical (unpaired) electrons. The first kappa shape index (κ1) is 15.0. The van der Waals surface area contributed by atoms with Crippen LogP contribution in [0.4, 0.5) is 0 Å². The predicted molar refractivity (Wildman–Crippen MR) is 96.3 cm³/mol. The Kier molecular flexibility index (Phi) is 4.63. The second kappa shape index (κ2) is 6.47. The quantitative estimate of drug-likeness (QED) is 0.447. The van der Waals surface area contributed by atoms with Gasteiger partial charge in [0, 0.05) is 21.7 Å². The summed E-state index contributed by atoms with van der Waals surface area (Å²) in [5.74, 6) is 0. The van der Waals surface area contributed by atoms with E-state index < -0.39 is 0 Å². The number of hydrogen-bond acceptors (Lipinski definition) is 1. The Labute approximate surface area is 145 Å². The van der Waals surface area contributed by atoms with E-state index in [2.05, 4.69) is 73.2 Å². The van der Waals surface area contributed by atoms with Crippen LogP contribution < -0.4 is 0 Å². The fraction of sp³-hybridized carbons (Fsp3) is 0.118. The van der Waals surface area contributed by atoms with Gasteiger partial charge in [0.05, 0.1) is 5.02 Å². The van der Waals surface area contributed by atoms with Crippen molar-refractivity contribution in [1.29, 1.82) is 0 Å². The standard InChI is InChI=1S/C17H12Br2ClN/c18-15-4-3-11-7-13(2-1-12(11)8-15)16(19)9-14-5-6-21-10-17(14)20/h1-8,10,16H,9H2. The monoisotopic (exact) mass is 423 g/mol. The van der Waals surface area contributed by atoms with Crippen LogP contribution >= 0.6 is 43.5 Å². The maximum absolute atomic E-state index is 6.18. The Bertz CT molecular complexity index is 789. The summed E-state index contributed by atoms with van der Waals surface area (Å²) in [5, 5.41) is 3.18.